The van der Waals surface area contributed by atoms with E-state index in [1.165, 1.54) is 0 Å². The van der Waals surface area contributed by atoms with E-state index in [1.807, 2.05) is 10.8 Å². The summed E-state index contributed by atoms with van der Waals surface area (Å²) in [6.45, 7) is 2.99. The molecular formula is C11H15IN2O2. The van der Waals surface area contributed by atoms with Gasteiger partial charge in [-0.05, 0) is 54.6 Å². The average Bonchev–Trinajstić information content (AvgIpc) is 2.74. The number of carboxylic acid groups (broad SMARTS) is 1. The van der Waals surface area contributed by atoms with E-state index in [2.05, 4.69) is 34.5 Å². The van der Waals surface area contributed by atoms with Crippen LogP contribution in [0.2, 0.25) is 0 Å². The lowest BCUT2D eigenvalue weighted by molar-refractivity contribution is 0.0684. The second kappa shape index (κ2) is 4.75. The van der Waals surface area contributed by atoms with Crippen LogP contribution in [0.4, 0.5) is 0 Å². The van der Waals surface area contributed by atoms with Gasteiger partial charge in [-0.1, -0.05) is 0 Å². The highest BCUT2D eigenvalue weighted by Gasteiger charge is 2.21. The molecule has 1 saturated heterocycles. The molecule has 1 aliphatic heterocycles. The minimum Gasteiger partial charge on any atom is -0.477 e. The van der Waals surface area contributed by atoms with Gasteiger partial charge in [0, 0.05) is 22.9 Å². The van der Waals surface area contributed by atoms with Crippen LogP contribution in [-0.4, -0.2) is 40.7 Å². The summed E-state index contributed by atoms with van der Waals surface area (Å²) in [5.41, 5.74) is 0.402. The number of rotatable bonds is 3. The van der Waals surface area contributed by atoms with E-state index in [-0.39, 0.29) is 0 Å². The minimum atomic E-state index is -0.839. The Labute approximate surface area is 108 Å². The van der Waals surface area contributed by atoms with Gasteiger partial charge >= 0.3 is 5.97 Å². The van der Waals surface area contributed by atoms with Crippen molar-refractivity contribution in [1.29, 1.82) is 0 Å². The molecule has 1 fully saturated rings. The van der Waals surface area contributed by atoms with E-state index >= 15 is 0 Å². The zero-order chi connectivity index (χ0) is 11.7. The molecule has 1 atom stereocenters. The number of nitrogens with zero attached hydrogens (tertiary/aromatic N) is 2. The van der Waals surface area contributed by atoms with Crippen LogP contribution in [0.3, 0.4) is 0 Å². The summed E-state index contributed by atoms with van der Waals surface area (Å²) in [7, 11) is 2.11. The maximum Gasteiger partial charge on any atom is 0.352 e. The van der Waals surface area contributed by atoms with Crippen LogP contribution in [0.25, 0.3) is 0 Å². The highest BCUT2D eigenvalue weighted by Crippen LogP contribution is 2.19. The quantitative estimate of drug-likeness (QED) is 0.857. The fourth-order valence-electron chi connectivity index (χ4n) is 2.26. The summed E-state index contributed by atoms with van der Waals surface area (Å²) in [5.74, 6) is -0.263. The second-order valence-electron chi connectivity index (χ2n) is 4.42. The Morgan fingerprint density at radius 2 is 2.44 bits per heavy atom. The van der Waals surface area contributed by atoms with Crippen molar-refractivity contribution in [2.24, 2.45) is 5.92 Å². The maximum atomic E-state index is 11.0. The van der Waals surface area contributed by atoms with Crippen LogP contribution in [0, 0.1) is 9.49 Å². The lowest BCUT2D eigenvalue weighted by atomic mass is 10.1. The van der Waals surface area contributed by atoms with E-state index < -0.39 is 5.97 Å². The van der Waals surface area contributed by atoms with Gasteiger partial charge in [0.25, 0.3) is 0 Å². The molecule has 0 saturated carbocycles. The van der Waals surface area contributed by atoms with Crippen molar-refractivity contribution in [3.05, 3.63) is 21.5 Å². The third-order valence-corrected chi connectivity index (χ3v) is 3.62. The van der Waals surface area contributed by atoms with E-state index in [0.29, 0.717) is 11.6 Å². The van der Waals surface area contributed by atoms with Crippen molar-refractivity contribution in [2.75, 3.05) is 20.1 Å². The molecule has 16 heavy (non-hydrogen) atoms. The van der Waals surface area contributed by atoms with E-state index in [4.69, 9.17) is 5.11 Å². The van der Waals surface area contributed by atoms with Crippen LogP contribution in [-0.2, 0) is 6.54 Å². The Morgan fingerprint density at radius 1 is 1.69 bits per heavy atom. The smallest absolute Gasteiger partial charge is 0.352 e. The van der Waals surface area contributed by atoms with Gasteiger partial charge in [-0.25, -0.2) is 4.79 Å². The summed E-state index contributed by atoms with van der Waals surface area (Å²) in [6, 6.07) is 1.72. The molecule has 88 valence electrons. The van der Waals surface area contributed by atoms with Crippen molar-refractivity contribution in [2.45, 2.75) is 13.0 Å². The lowest BCUT2D eigenvalue weighted by Gasteiger charge is -2.12. The third kappa shape index (κ3) is 2.57. The number of likely N-dealkylation sites (tertiary alicyclic amines) is 1. The summed E-state index contributed by atoms with van der Waals surface area (Å²) in [6.07, 6.45) is 3.08. The van der Waals surface area contributed by atoms with Crippen molar-refractivity contribution >= 4 is 28.6 Å². The van der Waals surface area contributed by atoms with Gasteiger partial charge in [0.2, 0.25) is 0 Å². The predicted octanol–water partition coefficient (Wildman–Crippen LogP) is 1.74. The van der Waals surface area contributed by atoms with Crippen molar-refractivity contribution in [3.8, 4) is 0 Å². The summed E-state index contributed by atoms with van der Waals surface area (Å²) < 4.78 is 2.86. The van der Waals surface area contributed by atoms with Crippen LogP contribution in [0.15, 0.2) is 12.3 Å². The number of aromatic nitrogens is 1. The molecule has 1 unspecified atom stereocenters. The van der Waals surface area contributed by atoms with Gasteiger partial charge in [0.15, 0.2) is 0 Å². The van der Waals surface area contributed by atoms with E-state index in [0.717, 1.165) is 29.6 Å². The van der Waals surface area contributed by atoms with E-state index in [9.17, 15) is 4.79 Å². The first-order valence-electron chi connectivity index (χ1n) is 5.34. The Morgan fingerprint density at radius 3 is 3.00 bits per heavy atom. The van der Waals surface area contributed by atoms with Crippen LogP contribution in [0.1, 0.15) is 16.9 Å². The standard InChI is InChI=1S/C11H15IN2O2/c1-13-3-2-8(5-13)6-14-7-9(12)4-10(14)11(15)16/h4,7-8H,2-3,5-6H2,1H3,(H,15,16). The van der Waals surface area contributed by atoms with Gasteiger partial charge in [-0.15, -0.1) is 0 Å². The first kappa shape index (κ1) is 11.9. The molecule has 0 radical (unpaired) electrons. The van der Waals surface area contributed by atoms with Gasteiger partial charge in [0.1, 0.15) is 5.69 Å². The molecule has 0 spiro atoms. The molecular weight excluding hydrogens is 319 g/mol. The Bertz CT molecular complexity index is 403. The molecule has 4 nitrogen and oxygen atoms in total. The fraction of sp³-hybridized carbons (Fsp3) is 0.545. The van der Waals surface area contributed by atoms with Crippen LogP contribution in [0.5, 0.6) is 0 Å². The average molecular weight is 334 g/mol. The van der Waals surface area contributed by atoms with Gasteiger partial charge in [-0.2, -0.15) is 0 Å². The second-order valence-corrected chi connectivity index (χ2v) is 5.66. The number of carboxylic acids is 1. The van der Waals surface area contributed by atoms with Crippen LogP contribution >= 0.6 is 22.6 Å². The van der Waals surface area contributed by atoms with Gasteiger partial charge in [-0.3, -0.25) is 0 Å². The molecule has 1 N–H and O–H groups in total. The van der Waals surface area contributed by atoms with Crippen molar-refractivity contribution in [1.82, 2.24) is 9.47 Å². The minimum absolute atomic E-state index is 0.402. The number of hydrogen-bond acceptors (Lipinski definition) is 2. The number of aromatic carboxylic acids is 1. The highest BCUT2D eigenvalue weighted by atomic mass is 127. The first-order chi connectivity index (χ1) is 7.56. The monoisotopic (exact) mass is 334 g/mol. The number of hydrogen-bond donors (Lipinski definition) is 1. The normalized spacial score (nSPS) is 21.5. The van der Waals surface area contributed by atoms with Gasteiger partial charge < -0.3 is 14.6 Å². The molecule has 0 aromatic carbocycles. The molecule has 2 heterocycles. The Hall–Kier alpha value is -0.560. The summed E-state index contributed by atoms with van der Waals surface area (Å²) >= 11 is 2.16. The highest BCUT2D eigenvalue weighted by molar-refractivity contribution is 14.1. The predicted molar refractivity (Wildman–Crippen MR) is 69.7 cm³/mol. The number of carbonyl (C=O) groups is 1. The SMILES string of the molecule is CN1CCC(Cn2cc(I)cc2C(=O)O)C1. The van der Waals surface area contributed by atoms with Crippen molar-refractivity contribution < 1.29 is 9.90 Å². The van der Waals surface area contributed by atoms with Gasteiger partial charge in [0.05, 0.1) is 0 Å². The topological polar surface area (TPSA) is 45.5 Å². The zero-order valence-corrected chi connectivity index (χ0v) is 11.3. The number of halogens is 1. The molecule has 1 aliphatic rings. The summed E-state index contributed by atoms with van der Waals surface area (Å²) in [4.78, 5) is 13.3. The fourth-order valence-corrected chi connectivity index (χ4v) is 2.89. The third-order valence-electron chi connectivity index (χ3n) is 3.03. The molecule has 0 amide bonds. The van der Waals surface area contributed by atoms with Crippen molar-refractivity contribution in [3.63, 3.8) is 0 Å². The molecule has 2 rings (SSSR count). The molecule has 0 aliphatic carbocycles. The molecule has 1 aromatic heterocycles. The molecule has 1 aromatic rings. The summed E-state index contributed by atoms with van der Waals surface area (Å²) in [5, 5.41) is 9.07. The van der Waals surface area contributed by atoms with E-state index in [1.54, 1.807) is 6.07 Å². The first-order valence-corrected chi connectivity index (χ1v) is 6.41. The maximum absolute atomic E-state index is 11.0. The lowest BCUT2D eigenvalue weighted by Crippen LogP contribution is -2.18. The largest absolute Gasteiger partial charge is 0.477 e. The zero-order valence-electron chi connectivity index (χ0n) is 9.19. The Balaban J connectivity index is 2.11. The Kier molecular flexibility index (Phi) is 3.53. The molecule has 5 heteroatoms. The molecule has 0 bridgehead atoms. The van der Waals surface area contributed by atoms with Crippen LogP contribution < -0.4 is 0 Å².